The number of rotatable bonds is 4. The van der Waals surface area contributed by atoms with Gasteiger partial charge in [0.05, 0.1) is 5.60 Å². The molecule has 2 nitrogen and oxygen atoms in total. The van der Waals surface area contributed by atoms with Gasteiger partial charge in [0.25, 0.3) is 0 Å². The lowest BCUT2D eigenvalue weighted by atomic mass is 10.1. The summed E-state index contributed by atoms with van der Waals surface area (Å²) in [4.78, 5) is 13.1. The summed E-state index contributed by atoms with van der Waals surface area (Å²) in [5.74, 6) is 2.84. The second kappa shape index (κ2) is 4.99. The molecule has 0 saturated heterocycles. The minimum Gasteiger partial charge on any atom is -0.229 e. The van der Waals surface area contributed by atoms with E-state index in [-0.39, 0.29) is 5.60 Å². The van der Waals surface area contributed by atoms with Crippen LogP contribution in [0.15, 0.2) is 0 Å². The lowest BCUT2D eigenvalue weighted by Gasteiger charge is -2.26. The van der Waals surface area contributed by atoms with Crippen LogP contribution in [0.5, 0.6) is 0 Å². The highest BCUT2D eigenvalue weighted by Gasteiger charge is 2.23. The van der Waals surface area contributed by atoms with Gasteiger partial charge in [-0.2, -0.15) is 0 Å². The Bertz CT molecular complexity index is 211. The highest BCUT2D eigenvalue weighted by molar-refractivity contribution is 9.12. The highest BCUT2D eigenvalue weighted by Crippen LogP contribution is 2.18. The molecule has 0 spiro atoms. The molecule has 3 heteroatoms. The molecular weight excluding hydrogens is 232 g/mol. The molecule has 0 aliphatic carbocycles. The van der Waals surface area contributed by atoms with E-state index >= 15 is 0 Å². The summed E-state index contributed by atoms with van der Waals surface area (Å²) >= 11 is 3.03. The van der Waals surface area contributed by atoms with Crippen LogP contribution in [-0.4, -0.2) is 11.2 Å². The van der Waals surface area contributed by atoms with Gasteiger partial charge in [0, 0.05) is 15.9 Å². The second-order valence-corrected chi connectivity index (χ2v) is 4.41. The van der Waals surface area contributed by atoms with Crippen molar-refractivity contribution in [1.82, 2.24) is 0 Å². The number of halogens is 1. The fraction of sp³-hybridized carbons (Fsp3) is 0.800. The molecular formula is C10H17BrO2. The van der Waals surface area contributed by atoms with Gasteiger partial charge in [-0.15, -0.1) is 0 Å². The Morgan fingerprint density at radius 2 is 1.69 bits per heavy atom. The lowest BCUT2D eigenvalue weighted by Crippen LogP contribution is -2.31. The minimum absolute atomic E-state index is 0.259. The highest BCUT2D eigenvalue weighted by atomic mass is 79.9. The normalized spacial score (nSPS) is 12.2. The van der Waals surface area contributed by atoms with Crippen molar-refractivity contribution in [2.75, 3.05) is 0 Å². The van der Waals surface area contributed by atoms with Gasteiger partial charge in [-0.3, -0.25) is 0 Å². The molecule has 0 unspecified atom stereocenters. The van der Waals surface area contributed by atoms with Gasteiger partial charge in [0.1, 0.15) is 0 Å². The van der Waals surface area contributed by atoms with E-state index in [9.17, 15) is 0 Å². The zero-order valence-corrected chi connectivity index (χ0v) is 10.5. The minimum atomic E-state index is -0.573. The first kappa shape index (κ1) is 13.0. The van der Waals surface area contributed by atoms with Gasteiger partial charge >= 0.3 is 0 Å². The topological polar surface area (TPSA) is 18.5 Å². The standard InChI is InChI=1S/C10H17BrO2/c1-6-9(2,3)12-13-10(4,5)7-8-11/h6H2,1-5H3. The van der Waals surface area contributed by atoms with Crippen molar-refractivity contribution in [3.05, 3.63) is 0 Å². The van der Waals surface area contributed by atoms with Crippen molar-refractivity contribution in [2.45, 2.75) is 52.2 Å². The molecule has 13 heavy (non-hydrogen) atoms. The van der Waals surface area contributed by atoms with E-state index in [1.54, 1.807) is 0 Å². The van der Waals surface area contributed by atoms with E-state index in [0.717, 1.165) is 6.42 Å². The Kier molecular flexibility index (Phi) is 4.98. The third kappa shape index (κ3) is 6.09. The first-order valence-corrected chi connectivity index (χ1v) is 5.12. The molecule has 0 fully saturated rings. The maximum absolute atomic E-state index is 5.27. The van der Waals surface area contributed by atoms with Crippen molar-refractivity contribution in [1.29, 1.82) is 0 Å². The second-order valence-electron chi connectivity index (χ2n) is 4.01. The Balaban J connectivity index is 4.06. The first-order chi connectivity index (χ1) is 5.83. The number of hydrogen-bond acceptors (Lipinski definition) is 2. The monoisotopic (exact) mass is 248 g/mol. The summed E-state index contributed by atoms with van der Waals surface area (Å²) in [5.41, 5.74) is -0.832. The fourth-order valence-corrected chi connectivity index (χ4v) is 0.888. The fourth-order valence-electron chi connectivity index (χ4n) is 0.411. The van der Waals surface area contributed by atoms with Crippen molar-refractivity contribution in [2.24, 2.45) is 0 Å². The molecule has 0 aromatic heterocycles. The average molecular weight is 249 g/mol. The molecule has 0 heterocycles. The molecule has 0 aromatic carbocycles. The van der Waals surface area contributed by atoms with Crippen molar-refractivity contribution in [3.8, 4) is 10.8 Å². The zero-order valence-electron chi connectivity index (χ0n) is 8.90. The van der Waals surface area contributed by atoms with Crippen LogP contribution in [0.3, 0.4) is 0 Å². The van der Waals surface area contributed by atoms with E-state index in [1.807, 2.05) is 34.6 Å². The van der Waals surface area contributed by atoms with Crippen LogP contribution in [-0.2, 0) is 9.78 Å². The molecule has 0 saturated carbocycles. The Hall–Kier alpha value is -0.0400. The molecule has 76 valence electrons. The van der Waals surface area contributed by atoms with E-state index in [2.05, 4.69) is 26.7 Å². The van der Waals surface area contributed by atoms with Gasteiger partial charge in [0.2, 0.25) is 0 Å². The quantitative estimate of drug-likeness (QED) is 0.432. The maximum Gasteiger partial charge on any atom is 0.159 e. The van der Waals surface area contributed by atoms with Crippen molar-refractivity contribution >= 4 is 15.9 Å². The predicted molar refractivity (Wildman–Crippen MR) is 57.3 cm³/mol. The van der Waals surface area contributed by atoms with Crippen molar-refractivity contribution in [3.63, 3.8) is 0 Å². The van der Waals surface area contributed by atoms with Crippen LogP contribution < -0.4 is 0 Å². The predicted octanol–water partition coefficient (Wildman–Crippen LogP) is 3.26. The molecule has 0 atom stereocenters. The van der Waals surface area contributed by atoms with E-state index in [1.165, 1.54) is 0 Å². The summed E-state index contributed by atoms with van der Waals surface area (Å²) < 4.78 is 0. The van der Waals surface area contributed by atoms with Crippen molar-refractivity contribution < 1.29 is 9.78 Å². The van der Waals surface area contributed by atoms with Crippen LogP contribution in [0.1, 0.15) is 41.0 Å². The van der Waals surface area contributed by atoms with Gasteiger partial charge in [-0.05, 0) is 38.9 Å². The van der Waals surface area contributed by atoms with Crippen LogP contribution in [0, 0.1) is 10.8 Å². The molecule has 0 aromatic rings. The SMILES string of the molecule is CCC(C)(C)OOC(C)(C)C#CBr. The van der Waals surface area contributed by atoms with E-state index in [4.69, 9.17) is 9.78 Å². The lowest BCUT2D eigenvalue weighted by molar-refractivity contribution is -0.388. The maximum atomic E-state index is 5.27. The molecule has 0 N–H and O–H groups in total. The zero-order chi connectivity index (χ0) is 10.5. The summed E-state index contributed by atoms with van der Waals surface area (Å²) in [7, 11) is 0. The summed E-state index contributed by atoms with van der Waals surface area (Å²) in [5, 5.41) is 0. The molecule has 0 aliphatic rings. The average Bonchev–Trinajstić information content (AvgIpc) is 2.02. The Labute approximate surface area is 89.0 Å². The molecule has 0 amide bonds. The number of hydrogen-bond donors (Lipinski definition) is 0. The largest absolute Gasteiger partial charge is 0.229 e. The summed E-state index contributed by atoms with van der Waals surface area (Å²) in [6.07, 6.45) is 0.894. The molecule has 0 bridgehead atoms. The van der Waals surface area contributed by atoms with Gasteiger partial charge < -0.3 is 0 Å². The summed E-state index contributed by atoms with van der Waals surface area (Å²) in [6, 6.07) is 0. The van der Waals surface area contributed by atoms with Crippen LogP contribution >= 0.6 is 15.9 Å². The summed E-state index contributed by atoms with van der Waals surface area (Å²) in [6.45, 7) is 9.71. The molecule has 0 rings (SSSR count). The Morgan fingerprint density at radius 1 is 1.15 bits per heavy atom. The van der Waals surface area contributed by atoms with Crippen LogP contribution in [0.4, 0.5) is 0 Å². The van der Waals surface area contributed by atoms with Gasteiger partial charge in [-0.25, -0.2) is 9.78 Å². The van der Waals surface area contributed by atoms with Gasteiger partial charge in [-0.1, -0.05) is 12.8 Å². The first-order valence-electron chi connectivity index (χ1n) is 4.32. The molecule has 0 radical (unpaired) electrons. The molecule has 0 aliphatic heterocycles. The third-order valence-electron chi connectivity index (χ3n) is 1.68. The van der Waals surface area contributed by atoms with Crippen LogP contribution in [0.25, 0.3) is 0 Å². The third-order valence-corrected chi connectivity index (χ3v) is 1.87. The van der Waals surface area contributed by atoms with E-state index in [0.29, 0.717) is 0 Å². The van der Waals surface area contributed by atoms with Crippen LogP contribution in [0.2, 0.25) is 0 Å². The van der Waals surface area contributed by atoms with Gasteiger partial charge in [0.15, 0.2) is 5.60 Å². The van der Waals surface area contributed by atoms with E-state index < -0.39 is 5.60 Å². The smallest absolute Gasteiger partial charge is 0.159 e. The Morgan fingerprint density at radius 3 is 2.08 bits per heavy atom.